The van der Waals surface area contributed by atoms with E-state index in [1.54, 1.807) is 13.8 Å². The van der Waals surface area contributed by atoms with Crippen LogP contribution in [0.4, 0.5) is 0 Å². The lowest BCUT2D eigenvalue weighted by molar-refractivity contribution is -0.171. The number of carboxylic acids is 3. The van der Waals surface area contributed by atoms with Crippen molar-refractivity contribution in [3.63, 3.8) is 0 Å². The van der Waals surface area contributed by atoms with Gasteiger partial charge in [0, 0.05) is 0 Å². The van der Waals surface area contributed by atoms with Crippen molar-refractivity contribution in [1.29, 1.82) is 0 Å². The largest absolute Gasteiger partial charge is 0.481 e. The third-order valence-corrected chi connectivity index (χ3v) is 2.03. The Kier molecular flexibility index (Phi) is 4.26. The van der Waals surface area contributed by atoms with Crippen LogP contribution in [0.3, 0.4) is 0 Å². The molecule has 0 aromatic carbocycles. The van der Waals surface area contributed by atoms with Crippen molar-refractivity contribution in [3.8, 4) is 0 Å². The van der Waals surface area contributed by atoms with Gasteiger partial charge >= 0.3 is 17.9 Å². The monoisotopic (exact) mass is 218 g/mol. The van der Waals surface area contributed by atoms with Gasteiger partial charge < -0.3 is 15.3 Å². The number of hydrogen-bond acceptors (Lipinski definition) is 3. The lowest BCUT2D eigenvalue weighted by Gasteiger charge is -2.24. The van der Waals surface area contributed by atoms with Gasteiger partial charge in [0.05, 0.1) is 6.42 Å². The predicted octanol–water partition coefficient (Wildman–Crippen LogP) is 0.663. The highest BCUT2D eigenvalue weighted by atomic mass is 16.4. The van der Waals surface area contributed by atoms with Crippen molar-refractivity contribution in [2.24, 2.45) is 11.3 Å². The Bertz CT molecular complexity index is 266. The van der Waals surface area contributed by atoms with Crippen LogP contribution >= 0.6 is 0 Å². The predicted molar refractivity (Wildman–Crippen MR) is 49.4 cm³/mol. The van der Waals surface area contributed by atoms with Gasteiger partial charge in [-0.05, 0) is 12.3 Å². The highest BCUT2D eigenvalue weighted by Crippen LogP contribution is 2.31. The Morgan fingerprint density at radius 1 is 1.07 bits per heavy atom. The van der Waals surface area contributed by atoms with E-state index in [2.05, 4.69) is 0 Å². The average molecular weight is 218 g/mol. The molecular formula is C9H14O6. The van der Waals surface area contributed by atoms with Gasteiger partial charge in [-0.2, -0.15) is 0 Å². The second-order valence-electron chi connectivity index (χ2n) is 3.86. The van der Waals surface area contributed by atoms with Crippen molar-refractivity contribution in [1.82, 2.24) is 0 Å². The topological polar surface area (TPSA) is 112 Å². The Labute approximate surface area is 86.5 Å². The summed E-state index contributed by atoms with van der Waals surface area (Å²) in [6, 6.07) is 0. The Balaban J connectivity index is 5.17. The summed E-state index contributed by atoms with van der Waals surface area (Å²) >= 11 is 0. The molecule has 0 radical (unpaired) electrons. The summed E-state index contributed by atoms with van der Waals surface area (Å²) < 4.78 is 0. The minimum absolute atomic E-state index is 0.204. The summed E-state index contributed by atoms with van der Waals surface area (Å²) in [7, 11) is 0. The van der Waals surface area contributed by atoms with Crippen molar-refractivity contribution in [2.45, 2.75) is 26.7 Å². The van der Waals surface area contributed by atoms with E-state index in [4.69, 9.17) is 15.3 Å². The van der Waals surface area contributed by atoms with Gasteiger partial charge in [-0.25, -0.2) is 0 Å². The summed E-state index contributed by atoms with van der Waals surface area (Å²) in [5, 5.41) is 26.2. The van der Waals surface area contributed by atoms with E-state index in [0.29, 0.717) is 0 Å². The molecule has 0 heterocycles. The zero-order valence-corrected chi connectivity index (χ0v) is 8.56. The fourth-order valence-corrected chi connectivity index (χ4v) is 1.44. The minimum Gasteiger partial charge on any atom is -0.481 e. The van der Waals surface area contributed by atoms with Crippen LogP contribution < -0.4 is 0 Å². The van der Waals surface area contributed by atoms with Crippen LogP contribution in [0.5, 0.6) is 0 Å². The number of carboxylic acid groups (broad SMARTS) is 3. The summed E-state index contributed by atoms with van der Waals surface area (Å²) in [4.78, 5) is 32.3. The van der Waals surface area contributed by atoms with E-state index < -0.39 is 29.7 Å². The van der Waals surface area contributed by atoms with Crippen molar-refractivity contribution in [2.75, 3.05) is 0 Å². The summed E-state index contributed by atoms with van der Waals surface area (Å²) in [6.07, 6.45) is -1.11. The molecule has 0 aromatic rings. The van der Waals surface area contributed by atoms with Crippen LogP contribution in [-0.2, 0) is 14.4 Å². The molecular weight excluding hydrogens is 204 g/mol. The lowest BCUT2D eigenvalue weighted by Crippen LogP contribution is -2.42. The molecule has 0 aliphatic rings. The number of carbonyl (C=O) groups is 3. The Morgan fingerprint density at radius 2 is 1.47 bits per heavy atom. The van der Waals surface area contributed by atoms with Crippen LogP contribution in [0.2, 0.25) is 0 Å². The lowest BCUT2D eigenvalue weighted by atomic mass is 9.77. The van der Waals surface area contributed by atoms with Gasteiger partial charge in [0.1, 0.15) is 0 Å². The molecule has 0 saturated heterocycles. The smallest absolute Gasteiger partial charge is 0.321 e. The molecule has 0 bridgehead atoms. The molecule has 6 nitrogen and oxygen atoms in total. The van der Waals surface area contributed by atoms with E-state index >= 15 is 0 Å². The first-order valence-corrected chi connectivity index (χ1v) is 4.41. The van der Waals surface area contributed by atoms with Crippen molar-refractivity contribution >= 4 is 17.9 Å². The van der Waals surface area contributed by atoms with Crippen LogP contribution in [0.25, 0.3) is 0 Å². The first-order chi connectivity index (χ1) is 6.72. The highest BCUT2D eigenvalue weighted by molar-refractivity contribution is 6.01. The number of rotatable bonds is 6. The van der Waals surface area contributed by atoms with Crippen LogP contribution in [-0.4, -0.2) is 33.2 Å². The van der Waals surface area contributed by atoms with Crippen LogP contribution in [0.1, 0.15) is 26.7 Å². The molecule has 0 amide bonds. The maximum atomic E-state index is 10.9. The number of hydrogen-bond donors (Lipinski definition) is 3. The van der Waals surface area contributed by atoms with Crippen LogP contribution in [0, 0.1) is 11.3 Å². The quantitative estimate of drug-likeness (QED) is 0.564. The molecule has 3 N–H and O–H groups in total. The maximum absolute atomic E-state index is 10.9. The fraction of sp³-hybridized carbons (Fsp3) is 0.667. The third kappa shape index (κ3) is 3.23. The SMILES string of the molecule is CC(C)CC(CC(=O)O)(C(=O)O)C(=O)O. The molecule has 0 spiro atoms. The molecule has 0 atom stereocenters. The molecule has 6 heteroatoms. The summed E-state index contributed by atoms with van der Waals surface area (Å²) in [5.41, 5.74) is -2.22. The second kappa shape index (κ2) is 4.77. The second-order valence-corrected chi connectivity index (χ2v) is 3.86. The minimum atomic E-state index is -2.22. The standard InChI is InChI=1S/C9H14O6/c1-5(2)3-9(7(12)13,8(14)15)4-6(10)11/h5H,3-4H2,1-2H3,(H,10,11)(H,12,13)(H,14,15). The van der Waals surface area contributed by atoms with Gasteiger partial charge in [-0.1, -0.05) is 13.8 Å². The van der Waals surface area contributed by atoms with E-state index in [-0.39, 0.29) is 12.3 Å². The maximum Gasteiger partial charge on any atom is 0.321 e. The number of aliphatic carboxylic acids is 3. The van der Waals surface area contributed by atoms with Crippen molar-refractivity contribution < 1.29 is 29.7 Å². The molecule has 0 rings (SSSR count). The third-order valence-electron chi connectivity index (χ3n) is 2.03. The van der Waals surface area contributed by atoms with Gasteiger partial charge in [0.2, 0.25) is 0 Å². The highest BCUT2D eigenvalue weighted by Gasteiger charge is 2.48. The zero-order valence-electron chi connectivity index (χ0n) is 8.56. The van der Waals surface area contributed by atoms with Gasteiger partial charge in [0.15, 0.2) is 5.41 Å². The molecule has 0 unspecified atom stereocenters. The first-order valence-electron chi connectivity index (χ1n) is 4.41. The van der Waals surface area contributed by atoms with E-state index in [1.807, 2.05) is 0 Å². The average Bonchev–Trinajstić information content (AvgIpc) is 1.99. The van der Waals surface area contributed by atoms with Gasteiger partial charge in [-0.3, -0.25) is 14.4 Å². The van der Waals surface area contributed by atoms with Crippen LogP contribution in [0.15, 0.2) is 0 Å². The Morgan fingerprint density at radius 3 is 1.67 bits per heavy atom. The first kappa shape index (κ1) is 13.4. The molecule has 0 aliphatic carbocycles. The van der Waals surface area contributed by atoms with E-state index in [9.17, 15) is 14.4 Å². The molecule has 0 aliphatic heterocycles. The molecule has 0 saturated carbocycles. The van der Waals surface area contributed by atoms with E-state index in [0.717, 1.165) is 0 Å². The molecule has 0 fully saturated rings. The zero-order chi connectivity index (χ0) is 12.2. The molecule has 0 aromatic heterocycles. The molecule has 15 heavy (non-hydrogen) atoms. The molecule has 86 valence electrons. The summed E-state index contributed by atoms with van der Waals surface area (Å²) in [6.45, 7) is 3.28. The fourth-order valence-electron chi connectivity index (χ4n) is 1.44. The van der Waals surface area contributed by atoms with Crippen molar-refractivity contribution in [3.05, 3.63) is 0 Å². The normalized spacial score (nSPS) is 11.4. The Hall–Kier alpha value is -1.59. The summed E-state index contributed by atoms with van der Waals surface area (Å²) in [5.74, 6) is -4.85. The van der Waals surface area contributed by atoms with E-state index in [1.165, 1.54) is 0 Å². The van der Waals surface area contributed by atoms with Gasteiger partial charge in [-0.15, -0.1) is 0 Å². The van der Waals surface area contributed by atoms with Gasteiger partial charge in [0.25, 0.3) is 0 Å².